The molecular weight excluding hydrogens is 306 g/mol. The molecule has 132 valence electrons. The predicted molar refractivity (Wildman–Crippen MR) is 88.5 cm³/mol. The van der Waals surface area contributed by atoms with Gasteiger partial charge in [0.25, 0.3) is 0 Å². The monoisotopic (exact) mass is 333 g/mol. The van der Waals surface area contributed by atoms with Gasteiger partial charge in [-0.25, -0.2) is 0 Å². The molecule has 1 aromatic rings. The molecule has 3 fully saturated rings. The summed E-state index contributed by atoms with van der Waals surface area (Å²) in [5, 5.41) is 7.22. The summed E-state index contributed by atoms with van der Waals surface area (Å²) >= 11 is 0. The molecule has 2 saturated carbocycles. The number of carbonyl (C=O) groups is 1. The summed E-state index contributed by atoms with van der Waals surface area (Å²) in [5.41, 5.74) is 0. The molecule has 1 aliphatic heterocycles. The quantitative estimate of drug-likeness (QED) is 0.846. The van der Waals surface area contributed by atoms with Crippen LogP contribution >= 0.6 is 0 Å². The molecule has 2 atom stereocenters. The summed E-state index contributed by atoms with van der Waals surface area (Å²) in [4.78, 5) is 21.4. The van der Waals surface area contributed by atoms with E-state index >= 15 is 0 Å². The molecule has 24 heavy (non-hydrogen) atoms. The maximum Gasteiger partial charge on any atom is 0.243 e. The van der Waals surface area contributed by atoms with Crippen LogP contribution in [0.2, 0.25) is 0 Å². The summed E-state index contributed by atoms with van der Waals surface area (Å²) in [6, 6.07) is 0.523. The lowest BCUT2D eigenvalue weighted by molar-refractivity contribution is -0.126. The molecule has 1 saturated heterocycles. The number of carbonyl (C=O) groups excluding carboxylic acids is 1. The van der Waals surface area contributed by atoms with Crippen molar-refractivity contribution in [2.24, 2.45) is 0 Å². The Morgan fingerprint density at radius 2 is 1.79 bits per heavy atom. The largest absolute Gasteiger partial charge is 0.352 e. The normalized spacial score (nSPS) is 25.4. The highest BCUT2D eigenvalue weighted by molar-refractivity contribution is 5.81. The van der Waals surface area contributed by atoms with Crippen LogP contribution < -0.4 is 5.32 Å². The first-order valence-corrected chi connectivity index (χ1v) is 9.24. The van der Waals surface area contributed by atoms with Crippen LogP contribution in [0.3, 0.4) is 0 Å². The second kappa shape index (κ2) is 6.44. The highest BCUT2D eigenvalue weighted by Crippen LogP contribution is 2.38. The van der Waals surface area contributed by atoms with Crippen LogP contribution in [0.15, 0.2) is 4.52 Å². The Balaban J connectivity index is 1.28. The molecule has 7 heteroatoms. The second-order valence-electron chi connectivity index (χ2n) is 7.47. The first-order valence-electron chi connectivity index (χ1n) is 9.24. The smallest absolute Gasteiger partial charge is 0.243 e. The maximum atomic E-state index is 12.2. The molecular formula is C17H27N5O2. The van der Waals surface area contributed by atoms with E-state index in [1.807, 2.05) is 6.92 Å². The van der Waals surface area contributed by atoms with Gasteiger partial charge in [-0.3, -0.25) is 14.6 Å². The summed E-state index contributed by atoms with van der Waals surface area (Å²) < 4.78 is 5.46. The number of nitrogens with one attached hydrogen (secondary N) is 1. The predicted octanol–water partition coefficient (Wildman–Crippen LogP) is 1.29. The van der Waals surface area contributed by atoms with E-state index in [9.17, 15) is 4.79 Å². The number of rotatable bonds is 6. The van der Waals surface area contributed by atoms with E-state index in [2.05, 4.69) is 32.2 Å². The van der Waals surface area contributed by atoms with Crippen molar-refractivity contribution in [3.63, 3.8) is 0 Å². The maximum absolute atomic E-state index is 12.2. The Morgan fingerprint density at radius 3 is 2.42 bits per heavy atom. The summed E-state index contributed by atoms with van der Waals surface area (Å²) in [5.74, 6) is 2.30. The summed E-state index contributed by atoms with van der Waals surface area (Å²) in [6.45, 7) is 7.77. The van der Waals surface area contributed by atoms with Crippen LogP contribution in [0, 0.1) is 0 Å². The fourth-order valence-electron chi connectivity index (χ4n) is 3.31. The van der Waals surface area contributed by atoms with E-state index in [0.717, 1.165) is 50.7 Å². The van der Waals surface area contributed by atoms with Gasteiger partial charge in [-0.2, -0.15) is 4.98 Å². The third-order valence-corrected chi connectivity index (χ3v) is 5.50. The highest BCUT2D eigenvalue weighted by atomic mass is 16.5. The molecule has 0 radical (unpaired) electrons. The third-order valence-electron chi connectivity index (χ3n) is 5.50. The molecule has 0 unspecified atom stereocenters. The molecule has 3 aliphatic rings. The van der Waals surface area contributed by atoms with Crippen LogP contribution in [-0.4, -0.2) is 64.1 Å². The van der Waals surface area contributed by atoms with Gasteiger partial charge < -0.3 is 9.84 Å². The molecule has 2 aliphatic carbocycles. The molecule has 4 rings (SSSR count). The zero-order valence-corrected chi connectivity index (χ0v) is 14.6. The molecule has 1 amide bonds. The molecule has 0 bridgehead atoms. The lowest BCUT2D eigenvalue weighted by Gasteiger charge is -2.39. The molecule has 1 aromatic heterocycles. The topological polar surface area (TPSA) is 74.5 Å². The minimum Gasteiger partial charge on any atom is -0.352 e. The van der Waals surface area contributed by atoms with Crippen molar-refractivity contribution in [3.8, 4) is 0 Å². The van der Waals surface area contributed by atoms with Crippen molar-refractivity contribution in [1.82, 2.24) is 25.3 Å². The SMILES string of the molecule is C[C@@H](C(=O)NC1CC1)N1CCN([C@@H](C)c2nc(C3CC3)no2)CC1. The van der Waals surface area contributed by atoms with Gasteiger partial charge in [-0.15, -0.1) is 0 Å². The first kappa shape index (κ1) is 16.0. The van der Waals surface area contributed by atoms with Crippen LogP contribution in [0.1, 0.15) is 63.2 Å². The van der Waals surface area contributed by atoms with Gasteiger partial charge in [0.15, 0.2) is 5.82 Å². The Labute approximate surface area is 142 Å². The number of aromatic nitrogens is 2. The van der Waals surface area contributed by atoms with Crippen LogP contribution in [0.5, 0.6) is 0 Å². The second-order valence-corrected chi connectivity index (χ2v) is 7.47. The van der Waals surface area contributed by atoms with Gasteiger partial charge in [0.2, 0.25) is 11.8 Å². The Bertz CT molecular complexity index is 588. The van der Waals surface area contributed by atoms with Crippen molar-refractivity contribution >= 4 is 5.91 Å². The zero-order valence-electron chi connectivity index (χ0n) is 14.6. The van der Waals surface area contributed by atoms with E-state index in [-0.39, 0.29) is 18.0 Å². The minimum absolute atomic E-state index is 0.0482. The number of piperazine rings is 1. The van der Waals surface area contributed by atoms with Crippen molar-refractivity contribution in [2.45, 2.75) is 63.6 Å². The van der Waals surface area contributed by atoms with Crippen molar-refractivity contribution < 1.29 is 9.32 Å². The van der Waals surface area contributed by atoms with E-state index in [0.29, 0.717) is 12.0 Å². The molecule has 7 nitrogen and oxygen atoms in total. The van der Waals surface area contributed by atoms with Crippen molar-refractivity contribution in [1.29, 1.82) is 0 Å². The molecule has 1 N–H and O–H groups in total. The standard InChI is InChI=1S/C17H27N5O2/c1-11(16(23)18-14-5-6-14)21-7-9-22(10-8-21)12(2)17-19-15(20-24-17)13-3-4-13/h11-14H,3-10H2,1-2H3,(H,18,23)/t11-,12-/m0/s1. The van der Waals surface area contributed by atoms with Gasteiger partial charge in [0, 0.05) is 38.1 Å². The average Bonchev–Trinajstić information content (AvgIpc) is 3.54. The van der Waals surface area contributed by atoms with Crippen LogP contribution in [0.4, 0.5) is 0 Å². The lowest BCUT2D eigenvalue weighted by Crippen LogP contribution is -2.54. The number of hydrogen-bond acceptors (Lipinski definition) is 6. The van der Waals surface area contributed by atoms with Crippen molar-refractivity contribution in [3.05, 3.63) is 11.7 Å². The highest BCUT2D eigenvalue weighted by Gasteiger charge is 2.33. The minimum atomic E-state index is -0.0482. The third kappa shape index (κ3) is 3.47. The van der Waals surface area contributed by atoms with Gasteiger partial charge in [-0.1, -0.05) is 5.16 Å². The van der Waals surface area contributed by atoms with Gasteiger partial charge in [-0.05, 0) is 39.5 Å². The summed E-state index contributed by atoms with van der Waals surface area (Å²) in [7, 11) is 0. The molecule has 2 heterocycles. The van der Waals surface area contributed by atoms with E-state index < -0.39 is 0 Å². The number of amides is 1. The number of nitrogens with zero attached hydrogens (tertiary/aromatic N) is 4. The van der Waals surface area contributed by atoms with Crippen molar-refractivity contribution in [2.75, 3.05) is 26.2 Å². The fourth-order valence-corrected chi connectivity index (χ4v) is 3.31. The zero-order chi connectivity index (χ0) is 16.7. The first-order chi connectivity index (χ1) is 11.6. The lowest BCUT2D eigenvalue weighted by atomic mass is 10.2. The van der Waals surface area contributed by atoms with Gasteiger partial charge in [0.1, 0.15) is 0 Å². The Morgan fingerprint density at radius 1 is 1.12 bits per heavy atom. The van der Waals surface area contributed by atoms with Gasteiger partial charge >= 0.3 is 0 Å². The van der Waals surface area contributed by atoms with E-state index in [1.165, 1.54) is 12.8 Å². The van der Waals surface area contributed by atoms with Gasteiger partial charge in [0.05, 0.1) is 12.1 Å². The van der Waals surface area contributed by atoms with Crippen LogP contribution in [0.25, 0.3) is 0 Å². The van der Waals surface area contributed by atoms with E-state index in [4.69, 9.17) is 4.52 Å². The molecule has 0 aromatic carbocycles. The number of hydrogen-bond donors (Lipinski definition) is 1. The van der Waals surface area contributed by atoms with E-state index in [1.54, 1.807) is 0 Å². The fraction of sp³-hybridized carbons (Fsp3) is 0.824. The Hall–Kier alpha value is -1.47. The average molecular weight is 333 g/mol. The Kier molecular flexibility index (Phi) is 4.30. The summed E-state index contributed by atoms with van der Waals surface area (Å²) in [6.07, 6.45) is 4.65. The molecule has 0 spiro atoms. The van der Waals surface area contributed by atoms with Crippen LogP contribution in [-0.2, 0) is 4.79 Å².